The Hall–Kier alpha value is -4.08. The molecule has 0 radical (unpaired) electrons. The van der Waals surface area contributed by atoms with Crippen LogP contribution in [-0.2, 0) is 16.1 Å². The monoisotopic (exact) mass is 631 g/mol. The number of carbonyl (C=O) groups is 3. The number of aliphatic imine (C=N–C) groups is 1. The van der Waals surface area contributed by atoms with Crippen molar-refractivity contribution in [3.05, 3.63) is 54.1 Å². The number of para-hydroxylation sites is 2. The Bertz CT molecular complexity index is 1330. The number of carbonyl (C=O) groups excluding carboxylic acids is 3. The number of guanidine groups is 1. The van der Waals surface area contributed by atoms with Crippen LogP contribution < -0.4 is 20.1 Å². The Labute approximate surface area is 272 Å². The van der Waals surface area contributed by atoms with Crippen molar-refractivity contribution in [2.75, 3.05) is 13.2 Å². The van der Waals surface area contributed by atoms with Gasteiger partial charge in [0, 0.05) is 36.7 Å². The molecule has 0 spiro atoms. The Morgan fingerprint density at radius 2 is 1.59 bits per heavy atom. The third-order valence-corrected chi connectivity index (χ3v) is 8.93. The first-order chi connectivity index (χ1) is 22.4. The van der Waals surface area contributed by atoms with Gasteiger partial charge in [0.15, 0.2) is 0 Å². The van der Waals surface area contributed by atoms with E-state index < -0.39 is 6.09 Å². The number of nitrogens with one attached hydrogen (secondary N) is 2. The predicted molar refractivity (Wildman–Crippen MR) is 178 cm³/mol. The summed E-state index contributed by atoms with van der Waals surface area (Å²) in [6.07, 6.45) is 12.3. The maximum absolute atomic E-state index is 13.6. The lowest BCUT2D eigenvalue weighted by Gasteiger charge is -2.42. The molecule has 248 valence electrons. The number of amides is 3. The summed E-state index contributed by atoms with van der Waals surface area (Å²) in [5.41, 5.74) is 1.46. The summed E-state index contributed by atoms with van der Waals surface area (Å²) in [4.78, 5) is 47.9. The van der Waals surface area contributed by atoms with E-state index in [2.05, 4.69) is 15.5 Å². The van der Waals surface area contributed by atoms with E-state index in [4.69, 9.17) is 14.5 Å². The molecular formula is C36H49N5O5. The molecule has 2 aliphatic carbocycles. The second-order valence-electron chi connectivity index (χ2n) is 12.9. The topological polar surface area (TPSA) is 113 Å². The first-order valence-corrected chi connectivity index (χ1v) is 17.1. The molecule has 2 N–H and O–H groups in total. The average molecular weight is 632 g/mol. The highest BCUT2D eigenvalue weighted by molar-refractivity contribution is 5.99. The number of nitrogens with zero attached hydrogens (tertiary/aromatic N) is 3. The Morgan fingerprint density at radius 3 is 2.24 bits per heavy atom. The molecule has 0 saturated heterocycles. The molecule has 10 heteroatoms. The molecule has 0 bridgehead atoms. The van der Waals surface area contributed by atoms with Crippen molar-refractivity contribution in [3.63, 3.8) is 0 Å². The first kappa shape index (κ1) is 33.3. The second kappa shape index (κ2) is 16.5. The lowest BCUT2D eigenvalue weighted by Crippen LogP contribution is -2.50. The fraction of sp³-hybridized carbons (Fsp3) is 0.556. The van der Waals surface area contributed by atoms with E-state index in [1.807, 2.05) is 38.1 Å². The van der Waals surface area contributed by atoms with Gasteiger partial charge >= 0.3 is 6.09 Å². The number of ether oxygens (including phenoxy) is 2. The summed E-state index contributed by atoms with van der Waals surface area (Å²) in [5.74, 6) is 1.24. The van der Waals surface area contributed by atoms with Gasteiger partial charge in [0.1, 0.15) is 23.7 Å². The molecule has 1 aliphatic heterocycles. The summed E-state index contributed by atoms with van der Waals surface area (Å²) in [6.45, 7) is 4.52. The first-order valence-electron chi connectivity index (χ1n) is 17.1. The fourth-order valence-corrected chi connectivity index (χ4v) is 6.85. The van der Waals surface area contributed by atoms with E-state index in [1.54, 1.807) is 29.2 Å². The lowest BCUT2D eigenvalue weighted by molar-refractivity contribution is -0.138. The number of fused-ring (bicyclic) bond motifs is 1. The van der Waals surface area contributed by atoms with Gasteiger partial charge in [-0.05, 0) is 64.2 Å². The summed E-state index contributed by atoms with van der Waals surface area (Å²) in [6, 6.07) is 15.2. The van der Waals surface area contributed by atoms with Crippen LogP contribution in [0.4, 0.5) is 10.5 Å². The van der Waals surface area contributed by atoms with Crippen LogP contribution >= 0.6 is 0 Å². The molecule has 3 amide bonds. The molecule has 5 rings (SSSR count). The van der Waals surface area contributed by atoms with Crippen molar-refractivity contribution in [3.8, 4) is 11.5 Å². The van der Waals surface area contributed by atoms with E-state index in [0.717, 1.165) is 31.2 Å². The van der Waals surface area contributed by atoms with Crippen molar-refractivity contribution >= 4 is 29.6 Å². The smallest absolute Gasteiger partial charge is 0.419 e. The zero-order valence-corrected chi connectivity index (χ0v) is 27.3. The van der Waals surface area contributed by atoms with Crippen LogP contribution in [0.2, 0.25) is 0 Å². The van der Waals surface area contributed by atoms with Crippen molar-refractivity contribution in [2.24, 2.45) is 4.99 Å². The van der Waals surface area contributed by atoms with Crippen LogP contribution in [0.3, 0.4) is 0 Å². The minimum absolute atomic E-state index is 0.00769. The van der Waals surface area contributed by atoms with E-state index >= 15 is 0 Å². The van der Waals surface area contributed by atoms with Crippen LogP contribution in [-0.4, -0.2) is 64.9 Å². The second-order valence-corrected chi connectivity index (χ2v) is 12.9. The van der Waals surface area contributed by atoms with Gasteiger partial charge in [-0.2, -0.15) is 0 Å². The van der Waals surface area contributed by atoms with E-state index in [0.29, 0.717) is 55.3 Å². The number of hydrogen-bond donors (Lipinski definition) is 2. The highest BCUT2D eigenvalue weighted by Crippen LogP contribution is 2.36. The average Bonchev–Trinajstić information content (AvgIpc) is 3.04. The predicted octanol–water partition coefficient (Wildman–Crippen LogP) is 6.46. The Balaban J connectivity index is 1.25. The van der Waals surface area contributed by atoms with Crippen molar-refractivity contribution in [1.82, 2.24) is 20.4 Å². The van der Waals surface area contributed by atoms with Crippen LogP contribution in [0.25, 0.3) is 0 Å². The molecule has 10 nitrogen and oxygen atoms in total. The van der Waals surface area contributed by atoms with Crippen molar-refractivity contribution in [1.29, 1.82) is 0 Å². The number of hydrogen-bond acceptors (Lipinski definition) is 7. The zero-order valence-electron chi connectivity index (χ0n) is 27.3. The van der Waals surface area contributed by atoms with E-state index in [-0.39, 0.29) is 30.4 Å². The summed E-state index contributed by atoms with van der Waals surface area (Å²) >= 11 is 0. The molecule has 2 aromatic rings. The molecule has 3 aliphatic rings. The molecule has 2 fully saturated rings. The fourth-order valence-electron chi connectivity index (χ4n) is 6.85. The largest absolute Gasteiger partial charge is 0.491 e. The van der Waals surface area contributed by atoms with Gasteiger partial charge in [-0.15, -0.1) is 0 Å². The van der Waals surface area contributed by atoms with Gasteiger partial charge < -0.3 is 24.6 Å². The minimum atomic E-state index is -0.708. The van der Waals surface area contributed by atoms with Crippen LogP contribution in [0, 0.1) is 0 Å². The van der Waals surface area contributed by atoms with Gasteiger partial charge in [-0.25, -0.2) is 9.79 Å². The third kappa shape index (κ3) is 9.23. The quantitative estimate of drug-likeness (QED) is 0.276. The maximum Gasteiger partial charge on any atom is 0.419 e. The maximum atomic E-state index is 13.6. The highest BCUT2D eigenvalue weighted by atomic mass is 16.6. The molecule has 2 saturated carbocycles. The summed E-state index contributed by atoms with van der Waals surface area (Å²) in [7, 11) is 0. The van der Waals surface area contributed by atoms with Crippen LogP contribution in [0.5, 0.6) is 11.5 Å². The molecule has 0 atom stereocenters. The highest BCUT2D eigenvalue weighted by Gasteiger charge is 2.32. The van der Waals surface area contributed by atoms with Crippen molar-refractivity contribution < 1.29 is 23.9 Å². The van der Waals surface area contributed by atoms with Gasteiger partial charge in [0.05, 0.1) is 6.61 Å². The van der Waals surface area contributed by atoms with Crippen molar-refractivity contribution in [2.45, 2.75) is 116 Å². The Kier molecular flexibility index (Phi) is 11.9. The molecule has 0 unspecified atom stereocenters. The van der Waals surface area contributed by atoms with E-state index in [9.17, 15) is 14.4 Å². The van der Waals surface area contributed by atoms with Gasteiger partial charge in [-0.1, -0.05) is 68.9 Å². The SMILES string of the molecule is CC(C)NC(=O)CN1Cc2cccc(OCCCC(=O)N(C3CCCCC3)C3CCCCC3)c2N=C1NC(=O)Oc1ccccc1. The lowest BCUT2D eigenvalue weighted by atomic mass is 9.88. The van der Waals surface area contributed by atoms with Crippen LogP contribution in [0.15, 0.2) is 53.5 Å². The van der Waals surface area contributed by atoms with Gasteiger partial charge in [0.25, 0.3) is 0 Å². The van der Waals surface area contributed by atoms with Crippen LogP contribution in [0.1, 0.15) is 96.5 Å². The Morgan fingerprint density at radius 1 is 0.913 bits per heavy atom. The summed E-state index contributed by atoms with van der Waals surface area (Å²) in [5, 5.41) is 5.63. The molecule has 46 heavy (non-hydrogen) atoms. The van der Waals surface area contributed by atoms with Gasteiger partial charge in [-0.3, -0.25) is 14.9 Å². The standard InChI is InChI=1S/C36H49N5O5/c1-26(2)37-32(42)25-40-24-27-14-12-21-31(34(27)38-35(40)39-36(44)46-30-19-10-5-11-20-30)45-23-13-22-33(43)41(28-15-6-3-7-16-28)29-17-8-4-9-18-29/h5,10-12,14,19-21,26,28-29H,3-4,6-9,13,15-18,22-25H2,1-2H3,(H,37,42)(H,38,39,44). The normalized spacial score (nSPS) is 17.1. The number of rotatable bonds is 11. The van der Waals surface area contributed by atoms with E-state index in [1.165, 1.54) is 38.5 Å². The minimum Gasteiger partial charge on any atom is -0.491 e. The number of benzene rings is 2. The third-order valence-electron chi connectivity index (χ3n) is 8.93. The molecule has 0 aromatic heterocycles. The van der Waals surface area contributed by atoms with Gasteiger partial charge in [0.2, 0.25) is 17.8 Å². The zero-order chi connectivity index (χ0) is 32.3. The molecule has 1 heterocycles. The molecular weight excluding hydrogens is 582 g/mol. The molecule has 2 aromatic carbocycles. The summed E-state index contributed by atoms with van der Waals surface area (Å²) < 4.78 is 11.7.